The van der Waals surface area contributed by atoms with Crippen LogP contribution in [-0.4, -0.2) is 83.8 Å². The van der Waals surface area contributed by atoms with Gasteiger partial charge in [0.15, 0.2) is 0 Å². The van der Waals surface area contributed by atoms with Crippen molar-refractivity contribution in [2.75, 3.05) is 39.3 Å². The summed E-state index contributed by atoms with van der Waals surface area (Å²) in [6, 6.07) is 0.526. The molecule has 0 aliphatic carbocycles. The number of likely N-dealkylation sites (N-methyl/N-ethyl adjacent to an activating group) is 1. The topological polar surface area (TPSA) is 73.0 Å². The lowest BCUT2D eigenvalue weighted by Crippen LogP contribution is -2.57. The Hall–Kier alpha value is -1.34. The van der Waals surface area contributed by atoms with Crippen molar-refractivity contribution >= 4 is 30.1 Å². The number of rotatable bonds is 3. The van der Waals surface area contributed by atoms with Gasteiger partial charge in [-0.1, -0.05) is 0 Å². The van der Waals surface area contributed by atoms with Crippen LogP contribution in [0.2, 0.25) is 0 Å². The second-order valence-electron chi connectivity index (χ2n) is 6.29. The Morgan fingerprint density at radius 3 is 2.48 bits per heavy atom. The lowest BCUT2D eigenvalue weighted by Gasteiger charge is -2.35. The summed E-state index contributed by atoms with van der Waals surface area (Å²) in [5.74, 6) is -1.04. The van der Waals surface area contributed by atoms with Gasteiger partial charge in [0.05, 0.1) is 0 Å². The van der Waals surface area contributed by atoms with Crippen LogP contribution in [-0.2, 0) is 14.4 Å². The third-order valence-electron chi connectivity index (χ3n) is 5.05. The maximum absolute atomic E-state index is 12.7. The Bertz CT molecular complexity index is 473. The summed E-state index contributed by atoms with van der Waals surface area (Å²) < 4.78 is 0. The van der Waals surface area contributed by atoms with E-state index in [1.54, 1.807) is 0 Å². The van der Waals surface area contributed by atoms with Crippen molar-refractivity contribution in [3.05, 3.63) is 0 Å². The van der Waals surface area contributed by atoms with Gasteiger partial charge in [-0.05, 0) is 32.7 Å². The first-order valence-corrected chi connectivity index (χ1v) is 8.22. The molecule has 2 atom stereocenters. The molecule has 2 unspecified atom stereocenters. The van der Waals surface area contributed by atoms with Gasteiger partial charge < -0.3 is 20.0 Å². The summed E-state index contributed by atoms with van der Waals surface area (Å²) >= 11 is 0. The highest BCUT2D eigenvalue weighted by Gasteiger charge is 2.40. The molecule has 0 spiro atoms. The Labute approximate surface area is 142 Å². The number of hydrogen-bond donors (Lipinski definition) is 1. The van der Waals surface area contributed by atoms with Gasteiger partial charge in [-0.3, -0.25) is 14.4 Å². The first-order valence-electron chi connectivity index (χ1n) is 8.22. The van der Waals surface area contributed by atoms with E-state index in [-0.39, 0.29) is 36.9 Å². The van der Waals surface area contributed by atoms with E-state index in [9.17, 15) is 14.4 Å². The Morgan fingerprint density at radius 1 is 1.09 bits per heavy atom. The van der Waals surface area contributed by atoms with Crippen LogP contribution < -0.4 is 5.32 Å². The highest BCUT2D eigenvalue weighted by atomic mass is 35.5. The van der Waals surface area contributed by atoms with Gasteiger partial charge in [0.2, 0.25) is 5.91 Å². The number of nitrogens with zero attached hydrogens (tertiary/aromatic N) is 3. The van der Waals surface area contributed by atoms with Gasteiger partial charge in [-0.25, -0.2) is 0 Å². The van der Waals surface area contributed by atoms with Crippen molar-refractivity contribution in [3.63, 3.8) is 0 Å². The summed E-state index contributed by atoms with van der Waals surface area (Å²) in [4.78, 5) is 41.6. The van der Waals surface area contributed by atoms with Gasteiger partial charge in [-0.15, -0.1) is 12.4 Å². The summed E-state index contributed by atoms with van der Waals surface area (Å²) in [7, 11) is 0. The van der Waals surface area contributed by atoms with E-state index in [0.717, 1.165) is 32.4 Å². The standard InChI is InChI=1S/C15H24N4O3.ClH/c1-2-17-7-8-18(15(22)14(17)21)10-13(20)19-11-3-4-12(19)9-16-6-5-11;/h11-12,16H,2-10H2,1H3;1H. The molecule has 23 heavy (non-hydrogen) atoms. The average Bonchev–Trinajstić information content (AvgIpc) is 2.77. The normalized spacial score (nSPS) is 27.8. The molecule has 3 amide bonds. The van der Waals surface area contributed by atoms with Crippen LogP contribution in [0.15, 0.2) is 0 Å². The lowest BCUT2D eigenvalue weighted by molar-refractivity contribution is -0.157. The van der Waals surface area contributed by atoms with E-state index in [1.807, 2.05) is 11.8 Å². The molecular weight excluding hydrogens is 320 g/mol. The largest absolute Gasteiger partial charge is 0.334 e. The van der Waals surface area contributed by atoms with E-state index in [1.165, 1.54) is 9.80 Å². The molecule has 0 aromatic rings. The predicted molar refractivity (Wildman–Crippen MR) is 87.2 cm³/mol. The van der Waals surface area contributed by atoms with Crippen molar-refractivity contribution in [1.82, 2.24) is 20.0 Å². The van der Waals surface area contributed by atoms with E-state index < -0.39 is 11.8 Å². The second-order valence-corrected chi connectivity index (χ2v) is 6.29. The predicted octanol–water partition coefficient (Wildman–Crippen LogP) is -0.548. The first-order chi connectivity index (χ1) is 10.6. The molecule has 3 fully saturated rings. The number of carbonyl (C=O) groups excluding carboxylic acids is 3. The minimum atomic E-state index is -0.540. The van der Waals surface area contributed by atoms with Gasteiger partial charge in [0.25, 0.3) is 0 Å². The fourth-order valence-electron chi connectivity index (χ4n) is 3.80. The quantitative estimate of drug-likeness (QED) is 0.697. The number of hydrogen-bond acceptors (Lipinski definition) is 4. The fourth-order valence-corrected chi connectivity index (χ4v) is 3.80. The monoisotopic (exact) mass is 344 g/mol. The Morgan fingerprint density at radius 2 is 1.74 bits per heavy atom. The molecule has 130 valence electrons. The van der Waals surface area contributed by atoms with Crippen LogP contribution >= 0.6 is 12.4 Å². The van der Waals surface area contributed by atoms with Crippen molar-refractivity contribution < 1.29 is 14.4 Å². The summed E-state index contributed by atoms with van der Waals surface area (Å²) in [6.45, 7) is 5.17. The van der Waals surface area contributed by atoms with Crippen molar-refractivity contribution in [2.24, 2.45) is 0 Å². The molecule has 1 N–H and O–H groups in total. The molecule has 2 bridgehead atoms. The fraction of sp³-hybridized carbons (Fsp3) is 0.800. The zero-order valence-corrected chi connectivity index (χ0v) is 14.3. The van der Waals surface area contributed by atoms with E-state index in [0.29, 0.717) is 19.6 Å². The minimum Gasteiger partial charge on any atom is -0.334 e. The van der Waals surface area contributed by atoms with Crippen molar-refractivity contribution in [3.8, 4) is 0 Å². The molecule has 3 saturated heterocycles. The Balaban J connectivity index is 0.00000192. The van der Waals surface area contributed by atoms with Crippen molar-refractivity contribution in [1.29, 1.82) is 0 Å². The zero-order chi connectivity index (χ0) is 15.7. The highest BCUT2D eigenvalue weighted by molar-refractivity contribution is 6.35. The lowest BCUT2D eigenvalue weighted by atomic mass is 10.1. The minimum absolute atomic E-state index is 0. The molecule has 3 aliphatic heterocycles. The van der Waals surface area contributed by atoms with Gasteiger partial charge >= 0.3 is 11.8 Å². The molecule has 0 saturated carbocycles. The third-order valence-corrected chi connectivity index (χ3v) is 5.05. The number of amides is 3. The van der Waals surface area contributed by atoms with Gasteiger partial charge in [-0.2, -0.15) is 0 Å². The maximum atomic E-state index is 12.7. The molecule has 8 heteroatoms. The molecular formula is C15H25ClN4O3. The number of piperazine rings is 1. The molecule has 7 nitrogen and oxygen atoms in total. The van der Waals surface area contributed by atoms with E-state index in [4.69, 9.17) is 0 Å². The molecule has 0 radical (unpaired) electrons. The summed E-state index contributed by atoms with van der Waals surface area (Å²) in [5.41, 5.74) is 0. The van der Waals surface area contributed by atoms with Crippen LogP contribution in [0.3, 0.4) is 0 Å². The molecule has 0 aromatic carbocycles. The number of halogens is 1. The first kappa shape index (κ1) is 18.0. The van der Waals surface area contributed by atoms with Crippen LogP contribution in [0, 0.1) is 0 Å². The van der Waals surface area contributed by atoms with Gasteiger partial charge in [0, 0.05) is 38.3 Å². The average molecular weight is 345 g/mol. The molecule has 3 heterocycles. The number of fused-ring (bicyclic) bond motifs is 2. The van der Waals surface area contributed by atoms with Crippen LogP contribution in [0.1, 0.15) is 26.2 Å². The third kappa shape index (κ3) is 3.45. The number of nitrogens with one attached hydrogen (secondary N) is 1. The number of carbonyl (C=O) groups is 3. The summed E-state index contributed by atoms with van der Waals surface area (Å²) in [5, 5.41) is 3.36. The zero-order valence-electron chi connectivity index (χ0n) is 13.5. The van der Waals surface area contributed by atoms with Gasteiger partial charge in [0.1, 0.15) is 6.54 Å². The SMILES string of the molecule is CCN1CCN(CC(=O)N2C3CCNCC2CC3)C(=O)C1=O.Cl. The van der Waals surface area contributed by atoms with Crippen LogP contribution in [0.4, 0.5) is 0 Å². The van der Waals surface area contributed by atoms with Crippen LogP contribution in [0.5, 0.6) is 0 Å². The van der Waals surface area contributed by atoms with E-state index in [2.05, 4.69) is 5.32 Å². The van der Waals surface area contributed by atoms with E-state index >= 15 is 0 Å². The van der Waals surface area contributed by atoms with Crippen LogP contribution in [0.25, 0.3) is 0 Å². The molecule has 0 aromatic heterocycles. The van der Waals surface area contributed by atoms with Crippen molar-refractivity contribution in [2.45, 2.75) is 38.3 Å². The second kappa shape index (κ2) is 7.49. The molecule has 3 aliphatic rings. The maximum Gasteiger partial charge on any atom is 0.312 e. The molecule has 3 rings (SSSR count). The summed E-state index contributed by atoms with van der Waals surface area (Å²) in [6.07, 6.45) is 3.05. The highest BCUT2D eigenvalue weighted by Crippen LogP contribution is 2.28. The Kier molecular flexibility index (Phi) is 5.86. The smallest absolute Gasteiger partial charge is 0.312 e.